The topological polar surface area (TPSA) is 64.7 Å². The van der Waals surface area contributed by atoms with E-state index >= 15 is 0 Å². The van der Waals surface area contributed by atoms with Crippen LogP contribution in [0.3, 0.4) is 0 Å². The number of rotatable bonds is 7. The lowest BCUT2D eigenvalue weighted by atomic mass is 10.2. The highest BCUT2D eigenvalue weighted by atomic mass is 32.2. The number of imidazole rings is 1. The molecule has 0 aliphatic heterocycles. The van der Waals surface area contributed by atoms with E-state index in [1.54, 1.807) is 4.68 Å². The van der Waals surface area contributed by atoms with Crippen LogP contribution in [0.5, 0.6) is 0 Å². The van der Waals surface area contributed by atoms with E-state index in [4.69, 9.17) is 0 Å². The van der Waals surface area contributed by atoms with E-state index in [2.05, 4.69) is 40.7 Å². The van der Waals surface area contributed by atoms with Gasteiger partial charge in [0.2, 0.25) is 5.91 Å². The van der Waals surface area contributed by atoms with Crippen molar-refractivity contribution in [3.05, 3.63) is 53.0 Å². The summed E-state index contributed by atoms with van der Waals surface area (Å²) in [7, 11) is 0. The average molecular weight is 412 g/mol. The third-order valence-corrected chi connectivity index (χ3v) is 5.66. The van der Waals surface area contributed by atoms with Crippen LogP contribution in [-0.4, -0.2) is 31.0 Å². The van der Waals surface area contributed by atoms with Gasteiger partial charge in [0.05, 0.1) is 22.8 Å². The summed E-state index contributed by atoms with van der Waals surface area (Å²) in [4.78, 5) is 17.3. The quantitative estimate of drug-likeness (QED) is 0.573. The maximum atomic E-state index is 12.6. The number of carbonyl (C=O) groups excluding carboxylic acids is 1. The van der Waals surface area contributed by atoms with E-state index in [-0.39, 0.29) is 5.91 Å². The van der Waals surface area contributed by atoms with Crippen LogP contribution in [-0.2, 0) is 11.3 Å². The van der Waals surface area contributed by atoms with Gasteiger partial charge in [0, 0.05) is 18.3 Å². The maximum absolute atomic E-state index is 12.6. The number of hydrogen-bond acceptors (Lipinski definition) is 4. The fraction of sp³-hybridized carbons (Fsp3) is 0.409. The molecule has 2 heterocycles. The maximum Gasteiger partial charge on any atom is 0.236 e. The molecule has 154 valence electrons. The van der Waals surface area contributed by atoms with Crippen molar-refractivity contribution in [2.45, 2.75) is 53.2 Å². The first-order chi connectivity index (χ1) is 13.7. The number of aromatic nitrogens is 4. The molecule has 3 aromatic rings. The fourth-order valence-electron chi connectivity index (χ4n) is 3.09. The SMILES string of the molecule is Cc1ccc(-n2nc(C)cc2NC(=O)CSc2nc(C)c(C)n2CC(C)C)cc1. The Kier molecular flexibility index (Phi) is 6.47. The van der Waals surface area contributed by atoms with Crippen LogP contribution in [0.25, 0.3) is 5.69 Å². The summed E-state index contributed by atoms with van der Waals surface area (Å²) in [5, 5.41) is 8.42. The highest BCUT2D eigenvalue weighted by Gasteiger charge is 2.16. The van der Waals surface area contributed by atoms with Crippen LogP contribution in [0.2, 0.25) is 0 Å². The van der Waals surface area contributed by atoms with Crippen LogP contribution in [0.4, 0.5) is 5.82 Å². The second kappa shape index (κ2) is 8.86. The van der Waals surface area contributed by atoms with Gasteiger partial charge in [-0.1, -0.05) is 43.3 Å². The van der Waals surface area contributed by atoms with Gasteiger partial charge in [-0.2, -0.15) is 5.10 Å². The fourth-order valence-corrected chi connectivity index (χ4v) is 4.00. The predicted molar refractivity (Wildman–Crippen MR) is 119 cm³/mol. The zero-order valence-electron chi connectivity index (χ0n) is 18.0. The molecule has 0 fully saturated rings. The zero-order chi connectivity index (χ0) is 21.1. The lowest BCUT2D eigenvalue weighted by Gasteiger charge is -2.12. The van der Waals surface area contributed by atoms with Gasteiger partial charge in [-0.15, -0.1) is 0 Å². The molecule has 0 unspecified atom stereocenters. The minimum absolute atomic E-state index is 0.0716. The lowest BCUT2D eigenvalue weighted by molar-refractivity contribution is -0.113. The number of carbonyl (C=O) groups is 1. The molecule has 0 spiro atoms. The molecule has 1 aromatic carbocycles. The first kappa shape index (κ1) is 21.2. The molecule has 1 N–H and O–H groups in total. The summed E-state index contributed by atoms with van der Waals surface area (Å²) in [5.74, 6) is 1.42. The first-order valence-corrected chi connectivity index (χ1v) is 10.8. The summed E-state index contributed by atoms with van der Waals surface area (Å²) in [6.07, 6.45) is 0. The monoisotopic (exact) mass is 411 g/mol. The van der Waals surface area contributed by atoms with Crippen LogP contribution in [0.15, 0.2) is 35.5 Å². The number of hydrogen-bond donors (Lipinski definition) is 1. The van der Waals surface area contributed by atoms with E-state index in [1.807, 2.05) is 51.1 Å². The standard InChI is InChI=1S/C22H29N5OS/c1-14(2)12-26-18(6)17(5)23-22(26)29-13-21(28)24-20-11-16(4)25-27(20)19-9-7-15(3)8-10-19/h7-11,14H,12-13H2,1-6H3,(H,24,28). The Morgan fingerprint density at radius 1 is 1.14 bits per heavy atom. The van der Waals surface area contributed by atoms with Crippen molar-refractivity contribution in [1.82, 2.24) is 19.3 Å². The molecule has 0 saturated heterocycles. The molecule has 0 atom stereocenters. The van der Waals surface area contributed by atoms with Crippen LogP contribution >= 0.6 is 11.8 Å². The summed E-state index contributed by atoms with van der Waals surface area (Å²) < 4.78 is 3.98. The van der Waals surface area contributed by atoms with Gasteiger partial charge in [0.15, 0.2) is 5.16 Å². The minimum Gasteiger partial charge on any atom is -0.323 e. The van der Waals surface area contributed by atoms with Crippen LogP contribution < -0.4 is 5.32 Å². The molecule has 7 heteroatoms. The van der Waals surface area contributed by atoms with Crippen molar-refractivity contribution in [2.75, 3.05) is 11.1 Å². The number of aryl methyl sites for hydroxylation is 3. The summed E-state index contributed by atoms with van der Waals surface area (Å²) in [6, 6.07) is 9.96. The molecule has 1 amide bonds. The van der Waals surface area contributed by atoms with E-state index in [1.165, 1.54) is 17.3 Å². The van der Waals surface area contributed by atoms with Crippen LogP contribution in [0.1, 0.15) is 36.5 Å². The molecule has 0 aliphatic rings. The number of thioether (sulfide) groups is 1. The highest BCUT2D eigenvalue weighted by molar-refractivity contribution is 7.99. The van der Waals surface area contributed by atoms with Crippen LogP contribution in [0, 0.1) is 33.6 Å². The number of benzene rings is 1. The normalized spacial score (nSPS) is 11.3. The third-order valence-electron chi connectivity index (χ3n) is 4.68. The Bertz CT molecular complexity index is 1000. The van der Waals surface area contributed by atoms with Crippen molar-refractivity contribution < 1.29 is 4.79 Å². The van der Waals surface area contributed by atoms with Crippen molar-refractivity contribution in [1.29, 1.82) is 0 Å². The molecule has 0 radical (unpaired) electrons. The first-order valence-electron chi connectivity index (χ1n) is 9.84. The van der Waals surface area contributed by atoms with Gasteiger partial charge in [-0.3, -0.25) is 4.79 Å². The Balaban J connectivity index is 1.71. The second-order valence-electron chi connectivity index (χ2n) is 7.82. The minimum atomic E-state index is -0.0716. The molecule has 0 saturated carbocycles. The predicted octanol–water partition coefficient (Wildman–Crippen LogP) is 4.69. The summed E-state index contributed by atoms with van der Waals surface area (Å²) in [6.45, 7) is 13.3. The van der Waals surface area contributed by atoms with E-state index in [9.17, 15) is 4.79 Å². The highest BCUT2D eigenvalue weighted by Crippen LogP contribution is 2.23. The zero-order valence-corrected chi connectivity index (χ0v) is 18.8. The molecule has 0 aliphatic carbocycles. The lowest BCUT2D eigenvalue weighted by Crippen LogP contribution is -2.17. The Labute approximate surface area is 176 Å². The van der Waals surface area contributed by atoms with Gasteiger partial charge < -0.3 is 9.88 Å². The molecule has 0 bridgehead atoms. The van der Waals surface area contributed by atoms with Gasteiger partial charge in [-0.25, -0.2) is 9.67 Å². The second-order valence-corrected chi connectivity index (χ2v) is 8.77. The van der Waals surface area contributed by atoms with E-state index in [0.29, 0.717) is 17.5 Å². The largest absolute Gasteiger partial charge is 0.323 e. The van der Waals surface area contributed by atoms with Crippen molar-refractivity contribution >= 4 is 23.5 Å². The molecule has 29 heavy (non-hydrogen) atoms. The Morgan fingerprint density at radius 2 is 1.83 bits per heavy atom. The number of nitrogens with zero attached hydrogens (tertiary/aromatic N) is 4. The molecule has 6 nitrogen and oxygen atoms in total. The molecular formula is C22H29N5OS. The van der Waals surface area contributed by atoms with Gasteiger partial charge in [-0.05, 0) is 45.7 Å². The van der Waals surface area contributed by atoms with Crippen molar-refractivity contribution in [2.24, 2.45) is 5.92 Å². The van der Waals surface area contributed by atoms with E-state index < -0.39 is 0 Å². The summed E-state index contributed by atoms with van der Waals surface area (Å²) >= 11 is 1.47. The van der Waals surface area contributed by atoms with Crippen molar-refractivity contribution in [3.8, 4) is 5.69 Å². The van der Waals surface area contributed by atoms with Gasteiger partial charge in [0.25, 0.3) is 0 Å². The van der Waals surface area contributed by atoms with Gasteiger partial charge in [0.1, 0.15) is 5.82 Å². The molecular weight excluding hydrogens is 382 g/mol. The Morgan fingerprint density at radius 3 is 2.48 bits per heavy atom. The average Bonchev–Trinajstić information content (AvgIpc) is 3.14. The van der Waals surface area contributed by atoms with Crippen molar-refractivity contribution in [3.63, 3.8) is 0 Å². The van der Waals surface area contributed by atoms with Gasteiger partial charge >= 0.3 is 0 Å². The number of amides is 1. The molecule has 3 rings (SSSR count). The summed E-state index contributed by atoms with van der Waals surface area (Å²) in [5.41, 5.74) is 5.14. The van der Waals surface area contributed by atoms with E-state index in [0.717, 1.165) is 34.5 Å². The molecule has 2 aromatic heterocycles. The number of anilines is 1. The Hall–Kier alpha value is -2.54. The number of nitrogens with one attached hydrogen (secondary N) is 1. The smallest absolute Gasteiger partial charge is 0.236 e. The third kappa shape index (κ3) is 5.09.